The summed E-state index contributed by atoms with van der Waals surface area (Å²) in [6.07, 6.45) is 6.91. The number of rotatable bonds is 5. The number of hydrogen-bond acceptors (Lipinski definition) is 1. The van der Waals surface area contributed by atoms with Gasteiger partial charge in [-0.3, -0.25) is 6.29 Å². The van der Waals surface area contributed by atoms with Crippen LogP contribution in [-0.4, -0.2) is 6.29 Å². The van der Waals surface area contributed by atoms with Crippen molar-refractivity contribution in [1.29, 1.82) is 0 Å². The molecule has 0 saturated carbocycles. The van der Waals surface area contributed by atoms with Crippen LogP contribution in [0.1, 0.15) is 40.0 Å². The minimum atomic E-state index is 0. The van der Waals surface area contributed by atoms with E-state index in [1.165, 1.54) is 5.57 Å². The minimum absolute atomic E-state index is 0. The third kappa shape index (κ3) is 10.1. The fourth-order valence-corrected chi connectivity index (χ4v) is 0.901. The van der Waals surface area contributed by atoms with Gasteiger partial charge in [-0.1, -0.05) is 24.5 Å². The van der Waals surface area contributed by atoms with Crippen LogP contribution in [0.15, 0.2) is 11.6 Å². The van der Waals surface area contributed by atoms with Gasteiger partial charge >= 0.3 is 20.4 Å². The molecular weight excluding hydrogens is 243 g/mol. The van der Waals surface area contributed by atoms with Gasteiger partial charge in [0.2, 0.25) is 0 Å². The summed E-state index contributed by atoms with van der Waals surface area (Å²) in [5, 5.41) is 0. The SMILES string of the molecule is CC(C)=CCCC(C)C[C-]=O.[PdH+]. The summed E-state index contributed by atoms with van der Waals surface area (Å²) in [6, 6.07) is 0. The Balaban J connectivity index is 0. The summed E-state index contributed by atoms with van der Waals surface area (Å²) >= 11 is 0. The van der Waals surface area contributed by atoms with Gasteiger partial charge in [-0.15, -0.1) is 6.42 Å². The Kier molecular flexibility index (Phi) is 11.1. The fourth-order valence-electron chi connectivity index (χ4n) is 0.901. The van der Waals surface area contributed by atoms with Crippen LogP contribution < -0.4 is 0 Å². The van der Waals surface area contributed by atoms with Crippen molar-refractivity contribution in [1.82, 2.24) is 0 Å². The molecule has 0 amide bonds. The molecule has 0 aromatic carbocycles. The van der Waals surface area contributed by atoms with Crippen LogP contribution >= 0.6 is 0 Å². The monoisotopic (exact) mass is 260 g/mol. The van der Waals surface area contributed by atoms with Crippen molar-refractivity contribution < 1.29 is 25.2 Å². The second-order valence-electron chi connectivity index (χ2n) is 3.31. The molecule has 0 aromatic heterocycles. The molecule has 0 heterocycles. The topological polar surface area (TPSA) is 17.1 Å². The maximum absolute atomic E-state index is 9.97. The molecule has 0 bridgehead atoms. The van der Waals surface area contributed by atoms with Crippen molar-refractivity contribution in [3.63, 3.8) is 0 Å². The van der Waals surface area contributed by atoms with E-state index in [4.69, 9.17) is 0 Å². The third-order valence-electron chi connectivity index (χ3n) is 1.64. The molecule has 0 fully saturated rings. The summed E-state index contributed by atoms with van der Waals surface area (Å²) in [4.78, 5) is 9.97. The van der Waals surface area contributed by atoms with Gasteiger partial charge in [0.25, 0.3) is 0 Å². The Bertz CT molecular complexity index is 137. The second kappa shape index (κ2) is 9.16. The molecular formula is C10H18OPd. The molecule has 1 unspecified atom stereocenters. The van der Waals surface area contributed by atoms with Crippen molar-refractivity contribution >= 4 is 6.29 Å². The maximum atomic E-state index is 9.97. The zero-order valence-corrected chi connectivity index (χ0v) is 9.66. The Morgan fingerprint density at radius 3 is 2.50 bits per heavy atom. The van der Waals surface area contributed by atoms with E-state index in [-0.39, 0.29) is 20.4 Å². The van der Waals surface area contributed by atoms with Gasteiger partial charge in [0.1, 0.15) is 0 Å². The van der Waals surface area contributed by atoms with Crippen molar-refractivity contribution in [2.24, 2.45) is 5.92 Å². The first kappa shape index (κ1) is 14.6. The Morgan fingerprint density at radius 2 is 2.08 bits per heavy atom. The fraction of sp³-hybridized carbons (Fsp3) is 0.700. The average Bonchev–Trinajstić information content (AvgIpc) is 1.87. The van der Waals surface area contributed by atoms with Crippen molar-refractivity contribution in [2.45, 2.75) is 40.0 Å². The predicted molar refractivity (Wildman–Crippen MR) is 49.5 cm³/mol. The van der Waals surface area contributed by atoms with Gasteiger partial charge in [-0.25, -0.2) is 0 Å². The van der Waals surface area contributed by atoms with E-state index in [0.29, 0.717) is 12.3 Å². The van der Waals surface area contributed by atoms with Crippen molar-refractivity contribution in [3.05, 3.63) is 11.6 Å². The van der Waals surface area contributed by atoms with E-state index in [9.17, 15) is 4.79 Å². The molecule has 0 aliphatic rings. The molecule has 1 atom stereocenters. The number of hydrogen-bond donors (Lipinski definition) is 0. The molecule has 1 radical (unpaired) electrons. The normalized spacial score (nSPS) is 11.2. The summed E-state index contributed by atoms with van der Waals surface area (Å²) in [7, 11) is 0. The summed E-state index contributed by atoms with van der Waals surface area (Å²) in [6.45, 7) is 6.27. The number of carbonyl (C=O) groups excluding carboxylic acids is 1. The van der Waals surface area contributed by atoms with Gasteiger partial charge in [-0.05, 0) is 26.7 Å². The molecule has 12 heavy (non-hydrogen) atoms. The molecule has 0 aromatic rings. The van der Waals surface area contributed by atoms with Crippen molar-refractivity contribution in [3.8, 4) is 0 Å². The van der Waals surface area contributed by atoms with E-state index in [0.717, 1.165) is 12.8 Å². The molecule has 0 spiro atoms. The van der Waals surface area contributed by atoms with Crippen LogP contribution in [0.4, 0.5) is 0 Å². The molecule has 2 heteroatoms. The molecule has 0 aliphatic heterocycles. The summed E-state index contributed by atoms with van der Waals surface area (Å²) in [5.74, 6) is 0.489. The molecule has 1 nitrogen and oxygen atoms in total. The Hall–Kier alpha value is 0.0723. The van der Waals surface area contributed by atoms with Crippen LogP contribution in [0.3, 0.4) is 0 Å². The van der Waals surface area contributed by atoms with E-state index in [1.807, 2.05) is 6.29 Å². The van der Waals surface area contributed by atoms with E-state index < -0.39 is 0 Å². The van der Waals surface area contributed by atoms with Gasteiger partial charge in [-0.2, -0.15) is 0 Å². The quantitative estimate of drug-likeness (QED) is 0.422. The Labute approximate surface area is 89.3 Å². The van der Waals surface area contributed by atoms with Gasteiger partial charge < -0.3 is 4.79 Å². The molecule has 0 saturated heterocycles. The van der Waals surface area contributed by atoms with Crippen molar-refractivity contribution in [2.75, 3.05) is 0 Å². The van der Waals surface area contributed by atoms with E-state index >= 15 is 0 Å². The van der Waals surface area contributed by atoms with Gasteiger partial charge in [0, 0.05) is 0 Å². The molecule has 0 rings (SSSR count). The average molecular weight is 261 g/mol. The van der Waals surface area contributed by atoms with Crippen LogP contribution in [-0.2, 0) is 25.2 Å². The van der Waals surface area contributed by atoms with Gasteiger partial charge in [0.15, 0.2) is 0 Å². The van der Waals surface area contributed by atoms with Crippen LogP contribution in [0.25, 0.3) is 0 Å². The van der Waals surface area contributed by atoms with Crippen LogP contribution in [0.5, 0.6) is 0 Å². The molecule has 74 valence electrons. The first-order valence-corrected chi connectivity index (χ1v) is 4.15. The Morgan fingerprint density at radius 1 is 1.50 bits per heavy atom. The molecule has 0 aliphatic carbocycles. The number of allylic oxidation sites excluding steroid dienone is 2. The second-order valence-corrected chi connectivity index (χ2v) is 3.31. The third-order valence-corrected chi connectivity index (χ3v) is 1.64. The first-order chi connectivity index (χ1) is 5.16. The van der Waals surface area contributed by atoms with Gasteiger partial charge in [0.05, 0.1) is 0 Å². The van der Waals surface area contributed by atoms with Crippen LogP contribution in [0.2, 0.25) is 0 Å². The first-order valence-electron chi connectivity index (χ1n) is 4.15. The summed E-state index contributed by atoms with van der Waals surface area (Å²) < 4.78 is 0. The zero-order chi connectivity index (χ0) is 8.69. The standard InChI is InChI=1S/C10H17O.Pd.H/c1-9(2)5-4-6-10(3)7-8-11;;/h5,10H,4,6-7H2,1-3H3;;/q-1;+1;. The predicted octanol–water partition coefficient (Wildman–Crippen LogP) is 2.60. The van der Waals surface area contributed by atoms with E-state index in [2.05, 4.69) is 26.8 Å². The zero-order valence-electron chi connectivity index (χ0n) is 8.02. The summed E-state index contributed by atoms with van der Waals surface area (Å²) in [5.41, 5.74) is 1.35. The van der Waals surface area contributed by atoms with Crippen LogP contribution in [0, 0.1) is 5.92 Å². The van der Waals surface area contributed by atoms with E-state index in [1.54, 1.807) is 0 Å². The molecule has 0 N–H and O–H groups in total.